The predicted octanol–water partition coefficient (Wildman–Crippen LogP) is 4.14. The van der Waals surface area contributed by atoms with Crippen LogP contribution in [0.3, 0.4) is 0 Å². The first-order valence-corrected chi connectivity index (χ1v) is 23.9. The Hall–Kier alpha value is -2.91. The molecule has 2 saturated carbocycles. The van der Waals surface area contributed by atoms with Crippen molar-refractivity contribution in [1.82, 2.24) is 0 Å². The summed E-state index contributed by atoms with van der Waals surface area (Å²) in [7, 11) is -1.80. The maximum Gasteiger partial charge on any atom is 0.334 e. The molecule has 0 bridgehead atoms. The summed E-state index contributed by atoms with van der Waals surface area (Å²) in [6.07, 6.45) is 10.2. The number of unbranched alkanes of at least 4 members (excludes halogenated alkanes) is 6. The maximum atomic E-state index is 13.4. The number of benzene rings is 3. The number of cyclic esters (lactones) is 1. The van der Waals surface area contributed by atoms with E-state index in [4.69, 9.17) is 23.7 Å². The summed E-state index contributed by atoms with van der Waals surface area (Å²) in [5.74, 6) is -0.456. The number of carbonyl (C=O) groups excluding carboxylic acids is 2. The number of fused-ring (bicyclic) bond motifs is 4. The fourth-order valence-corrected chi connectivity index (χ4v) is 17.4. The fraction of sp³-hybridized carbons (Fsp3) is 0.551. The van der Waals surface area contributed by atoms with Crippen LogP contribution in [0.5, 0.6) is 0 Å². The minimum absolute atomic E-state index is 0. The molecule has 3 aliphatic carbocycles. The van der Waals surface area contributed by atoms with E-state index in [0.29, 0.717) is 25.9 Å². The van der Waals surface area contributed by atoms with E-state index in [-0.39, 0.29) is 71.1 Å². The number of halogens is 1. The van der Waals surface area contributed by atoms with E-state index >= 15 is 0 Å². The van der Waals surface area contributed by atoms with Gasteiger partial charge in [-0.1, -0.05) is 101 Å². The molecule has 1 N–H and O–H groups in total. The smallest absolute Gasteiger partial charge is 0.334 e. The summed E-state index contributed by atoms with van der Waals surface area (Å²) in [5.41, 5.74) is -2.74. The van der Waals surface area contributed by atoms with Crippen molar-refractivity contribution in [2.24, 2.45) is 17.3 Å². The van der Waals surface area contributed by atoms with Gasteiger partial charge in [-0.05, 0) is 92.3 Å². The van der Waals surface area contributed by atoms with E-state index in [0.717, 1.165) is 55.8 Å². The molecular formula is C49H58BrO8P. The van der Waals surface area contributed by atoms with Crippen LogP contribution in [-0.4, -0.2) is 77.1 Å². The van der Waals surface area contributed by atoms with Gasteiger partial charge in [0.25, 0.3) is 0 Å². The Morgan fingerprint density at radius 3 is 1.97 bits per heavy atom. The van der Waals surface area contributed by atoms with Gasteiger partial charge >= 0.3 is 11.9 Å². The highest BCUT2D eigenvalue weighted by molar-refractivity contribution is 7.95. The van der Waals surface area contributed by atoms with Crippen molar-refractivity contribution in [3.05, 3.63) is 102 Å². The molecule has 9 atom stereocenters. The molecule has 0 unspecified atom stereocenters. The first kappa shape index (κ1) is 41.4. The molecular weight excluding hydrogens is 827 g/mol. The molecule has 0 radical (unpaired) electrons. The van der Waals surface area contributed by atoms with Crippen LogP contribution >= 0.6 is 7.26 Å². The number of carbonyl (C=O) groups is 2. The van der Waals surface area contributed by atoms with Crippen molar-refractivity contribution >= 4 is 35.1 Å². The molecule has 3 aromatic rings. The second kappa shape index (κ2) is 15.2. The van der Waals surface area contributed by atoms with Gasteiger partial charge in [0.2, 0.25) is 0 Å². The van der Waals surface area contributed by atoms with Crippen LogP contribution in [0.2, 0.25) is 0 Å². The third-order valence-corrected chi connectivity index (χ3v) is 20.3. The van der Waals surface area contributed by atoms with Crippen molar-refractivity contribution in [2.45, 2.75) is 132 Å². The average Bonchev–Trinajstić information content (AvgIpc) is 4.17. The zero-order valence-corrected chi connectivity index (χ0v) is 37.1. The van der Waals surface area contributed by atoms with Crippen molar-refractivity contribution in [2.75, 3.05) is 19.4 Å². The largest absolute Gasteiger partial charge is 1.00 e. The second-order valence-corrected chi connectivity index (χ2v) is 22.3. The lowest BCUT2D eigenvalue weighted by Crippen LogP contribution is -3.00. The van der Waals surface area contributed by atoms with E-state index in [1.165, 1.54) is 28.8 Å². The van der Waals surface area contributed by atoms with Gasteiger partial charge in [-0.2, -0.15) is 0 Å². The van der Waals surface area contributed by atoms with E-state index in [1.54, 1.807) is 0 Å². The number of epoxide rings is 3. The number of ether oxygens (including phenoxy) is 5. The minimum Gasteiger partial charge on any atom is -1.00 e. The Labute approximate surface area is 359 Å². The topological polar surface area (TPSA) is 110 Å². The molecule has 0 amide bonds. The monoisotopic (exact) mass is 884 g/mol. The van der Waals surface area contributed by atoms with Gasteiger partial charge in [0.05, 0.1) is 12.3 Å². The predicted molar refractivity (Wildman–Crippen MR) is 224 cm³/mol. The van der Waals surface area contributed by atoms with Crippen molar-refractivity contribution < 1.29 is 55.4 Å². The molecule has 0 aromatic heterocycles. The standard InChI is InChI=1S/C49H58O8P.BrH/c1-33(2)47-42(56-47)43-49(57-43)45(3)28-27-37-38(31-53-44(37)51)39(45)30-40-48(49,55-40)46(47,52)32-54-41(50)26-18-7-5-4-6-8-19-29-58(34-20-12-9-13-21-34,35-22-14-10-15-23-35)36-24-16-11-17-25-36;/h9-17,20-25,33,39-40,42-43,52H,4-8,18-19,26-32H2,1-3H3;1H/q+1;/p-1/t39-,40-,42-,43-,45-,46-,47-,48+,49+;/m0./s1. The summed E-state index contributed by atoms with van der Waals surface area (Å²) < 4.78 is 31.6. The van der Waals surface area contributed by atoms with E-state index in [2.05, 4.69) is 112 Å². The van der Waals surface area contributed by atoms with E-state index in [1.807, 2.05) is 0 Å². The normalized spacial score (nSPS) is 35.5. The zero-order valence-electron chi connectivity index (χ0n) is 34.6. The zero-order chi connectivity index (χ0) is 40.0. The summed E-state index contributed by atoms with van der Waals surface area (Å²) in [5, 5.41) is 17.3. The molecule has 314 valence electrons. The molecule has 4 heterocycles. The van der Waals surface area contributed by atoms with Crippen molar-refractivity contribution in [1.29, 1.82) is 0 Å². The highest BCUT2D eigenvalue weighted by atomic mass is 79.9. The highest BCUT2D eigenvalue weighted by Crippen LogP contribution is 2.85. The second-order valence-electron chi connectivity index (χ2n) is 18.7. The van der Waals surface area contributed by atoms with Gasteiger partial charge in [-0.25, -0.2) is 4.79 Å². The van der Waals surface area contributed by atoms with E-state index < -0.39 is 29.7 Å². The molecule has 10 rings (SSSR count). The summed E-state index contributed by atoms with van der Waals surface area (Å²) in [6, 6.07) is 33.3. The van der Waals surface area contributed by atoms with Crippen molar-refractivity contribution in [3.8, 4) is 0 Å². The molecule has 10 heteroatoms. The third-order valence-electron chi connectivity index (χ3n) is 15.8. The lowest BCUT2D eigenvalue weighted by Gasteiger charge is -2.56. The Kier molecular flexibility index (Phi) is 10.7. The average molecular weight is 886 g/mol. The van der Waals surface area contributed by atoms with Gasteiger partial charge in [0.15, 0.2) is 11.2 Å². The number of aliphatic hydroxyl groups is 1. The van der Waals surface area contributed by atoms with Crippen LogP contribution in [0.15, 0.2) is 102 Å². The molecule has 8 nitrogen and oxygen atoms in total. The number of rotatable bonds is 16. The van der Waals surface area contributed by atoms with Crippen LogP contribution < -0.4 is 32.9 Å². The SMILES string of the molecule is CC(C)[C@]12O[C@H]1[C@@H]1O[C@]13[C@]1(O[C@H]1C[C@H]1C4=C(CC[C@@]13C)C(=O)OC4)[C@]2(O)COC(=O)CCCCCCCCC[P+](c1ccccc1)(c1ccccc1)c1ccccc1.[Br-]. The van der Waals surface area contributed by atoms with Gasteiger partial charge in [-0.3, -0.25) is 4.79 Å². The molecule has 3 saturated heterocycles. The fourth-order valence-electron chi connectivity index (χ4n) is 12.9. The van der Waals surface area contributed by atoms with Crippen LogP contribution in [0.4, 0.5) is 0 Å². The van der Waals surface area contributed by atoms with Gasteiger partial charge < -0.3 is 45.8 Å². The van der Waals surface area contributed by atoms with Crippen LogP contribution in [-0.2, 0) is 33.3 Å². The van der Waals surface area contributed by atoms with Crippen molar-refractivity contribution in [3.63, 3.8) is 0 Å². The van der Waals surface area contributed by atoms with E-state index in [9.17, 15) is 14.7 Å². The molecule has 59 heavy (non-hydrogen) atoms. The third kappa shape index (κ3) is 5.77. The summed E-state index contributed by atoms with van der Waals surface area (Å²) >= 11 is 0. The maximum absolute atomic E-state index is 13.4. The molecule has 2 spiro atoms. The Morgan fingerprint density at radius 1 is 0.797 bits per heavy atom. The lowest BCUT2D eigenvalue weighted by molar-refractivity contribution is -0.197. The molecule has 5 fully saturated rings. The lowest BCUT2D eigenvalue weighted by atomic mass is 9.44. The molecule has 3 aromatic carbocycles. The molecule has 4 aliphatic heterocycles. The number of hydrogen-bond donors (Lipinski definition) is 1. The molecule has 7 aliphatic rings. The van der Waals surface area contributed by atoms with Crippen LogP contribution in [0, 0.1) is 17.3 Å². The Balaban J connectivity index is 0.00000449. The Morgan fingerprint density at radius 2 is 1.37 bits per heavy atom. The van der Waals surface area contributed by atoms with Gasteiger partial charge in [-0.15, -0.1) is 0 Å². The van der Waals surface area contributed by atoms with Crippen LogP contribution in [0.25, 0.3) is 0 Å². The van der Waals surface area contributed by atoms with Gasteiger partial charge in [0, 0.05) is 17.4 Å². The first-order chi connectivity index (χ1) is 28.1. The number of hydrogen-bond acceptors (Lipinski definition) is 8. The Bertz CT molecular complexity index is 2000. The highest BCUT2D eigenvalue weighted by Gasteiger charge is 3.04. The van der Waals surface area contributed by atoms with Crippen LogP contribution in [0.1, 0.15) is 91.4 Å². The minimum atomic E-state index is -1.80. The van der Waals surface area contributed by atoms with Gasteiger partial charge in [0.1, 0.15) is 59.8 Å². The summed E-state index contributed by atoms with van der Waals surface area (Å²) in [6.45, 7) is 6.53. The quantitative estimate of drug-likeness (QED) is 0.0991. The first-order valence-electron chi connectivity index (χ1n) is 22.0. The number of esters is 2. The summed E-state index contributed by atoms with van der Waals surface area (Å²) in [4.78, 5) is 25.9.